The third-order valence-corrected chi connectivity index (χ3v) is 1.92. The molecule has 0 bridgehead atoms. The van der Waals surface area contributed by atoms with Crippen LogP contribution >= 0.6 is 11.6 Å². The van der Waals surface area contributed by atoms with E-state index >= 15 is 0 Å². The molecule has 2 aromatic rings. The van der Waals surface area contributed by atoms with Crippen LogP contribution < -0.4 is 0 Å². The van der Waals surface area contributed by atoms with Crippen LogP contribution in [0, 0.1) is 0 Å². The van der Waals surface area contributed by atoms with E-state index in [-0.39, 0.29) is 5.82 Å². The molecule has 6 heteroatoms. The summed E-state index contributed by atoms with van der Waals surface area (Å²) in [7, 11) is 0. The molecule has 2 rings (SSSR count). The first-order chi connectivity index (χ1) is 6.81. The van der Waals surface area contributed by atoms with Crippen LogP contribution in [0.5, 0.6) is 0 Å². The summed E-state index contributed by atoms with van der Waals surface area (Å²) in [5, 5.41) is 11.2. The standard InChI is InChI=1S/C8H5ClN4O/c9-6-1-3-7(4-2-6)13-8(5-14)10-11-12-13/h1-5H. The highest BCUT2D eigenvalue weighted by Crippen LogP contribution is 2.12. The van der Waals surface area contributed by atoms with Crippen molar-refractivity contribution < 1.29 is 4.79 Å². The first kappa shape index (κ1) is 8.83. The fourth-order valence-electron chi connectivity index (χ4n) is 1.03. The molecular formula is C8H5ClN4O. The maximum atomic E-state index is 10.5. The van der Waals surface area contributed by atoms with Gasteiger partial charge in [-0.25, -0.2) is 0 Å². The van der Waals surface area contributed by atoms with E-state index in [9.17, 15) is 4.79 Å². The fourth-order valence-corrected chi connectivity index (χ4v) is 1.16. The van der Waals surface area contributed by atoms with Crippen LogP contribution in [0.25, 0.3) is 5.69 Å². The Labute approximate surface area is 84.3 Å². The van der Waals surface area contributed by atoms with Gasteiger partial charge in [0.05, 0.1) is 5.69 Å². The lowest BCUT2D eigenvalue weighted by Crippen LogP contribution is -2.01. The number of hydrogen-bond acceptors (Lipinski definition) is 4. The Morgan fingerprint density at radius 3 is 2.64 bits per heavy atom. The molecule has 0 fully saturated rings. The molecule has 0 atom stereocenters. The number of aromatic nitrogens is 4. The second-order valence-corrected chi connectivity index (χ2v) is 2.98. The third-order valence-electron chi connectivity index (χ3n) is 1.67. The SMILES string of the molecule is O=Cc1nnnn1-c1ccc(Cl)cc1. The lowest BCUT2D eigenvalue weighted by molar-refractivity contribution is 0.111. The monoisotopic (exact) mass is 208 g/mol. The van der Waals surface area contributed by atoms with Gasteiger partial charge in [-0.05, 0) is 34.7 Å². The topological polar surface area (TPSA) is 60.7 Å². The van der Waals surface area contributed by atoms with Crippen molar-refractivity contribution in [1.29, 1.82) is 0 Å². The summed E-state index contributed by atoms with van der Waals surface area (Å²) in [6, 6.07) is 6.86. The van der Waals surface area contributed by atoms with E-state index in [4.69, 9.17) is 11.6 Å². The molecule has 0 saturated carbocycles. The Balaban J connectivity index is 2.49. The Hall–Kier alpha value is -1.75. The summed E-state index contributed by atoms with van der Waals surface area (Å²) < 4.78 is 1.34. The number of rotatable bonds is 2. The summed E-state index contributed by atoms with van der Waals surface area (Å²) in [5.41, 5.74) is 0.696. The zero-order valence-electron chi connectivity index (χ0n) is 6.96. The van der Waals surface area contributed by atoms with Gasteiger partial charge in [0.1, 0.15) is 0 Å². The fraction of sp³-hybridized carbons (Fsp3) is 0. The summed E-state index contributed by atoms with van der Waals surface area (Å²) in [6.07, 6.45) is 0.592. The second kappa shape index (κ2) is 3.55. The summed E-state index contributed by atoms with van der Waals surface area (Å²) in [5.74, 6) is 0.160. The first-order valence-electron chi connectivity index (χ1n) is 3.81. The average molecular weight is 209 g/mol. The molecule has 0 aliphatic heterocycles. The minimum Gasteiger partial charge on any atom is -0.294 e. The molecule has 1 aromatic heterocycles. The molecule has 0 N–H and O–H groups in total. The van der Waals surface area contributed by atoms with E-state index < -0.39 is 0 Å². The van der Waals surface area contributed by atoms with Crippen molar-refractivity contribution in [3.05, 3.63) is 35.1 Å². The van der Waals surface area contributed by atoms with Crippen molar-refractivity contribution in [2.75, 3.05) is 0 Å². The van der Waals surface area contributed by atoms with Gasteiger partial charge >= 0.3 is 0 Å². The number of benzene rings is 1. The third kappa shape index (κ3) is 1.49. The summed E-state index contributed by atoms with van der Waals surface area (Å²) in [4.78, 5) is 10.5. The largest absolute Gasteiger partial charge is 0.294 e. The van der Waals surface area contributed by atoms with Crippen LogP contribution in [-0.4, -0.2) is 26.5 Å². The van der Waals surface area contributed by atoms with Gasteiger partial charge in [-0.15, -0.1) is 5.10 Å². The molecule has 0 unspecified atom stereocenters. The molecule has 14 heavy (non-hydrogen) atoms. The first-order valence-corrected chi connectivity index (χ1v) is 4.18. The van der Waals surface area contributed by atoms with Crippen LogP contribution in [0.3, 0.4) is 0 Å². The minimum absolute atomic E-state index is 0.160. The predicted octanol–water partition coefficient (Wildman–Crippen LogP) is 1.13. The molecule has 0 radical (unpaired) electrons. The molecule has 0 aliphatic rings. The van der Waals surface area contributed by atoms with E-state index in [2.05, 4.69) is 15.5 Å². The van der Waals surface area contributed by atoms with E-state index in [1.165, 1.54) is 4.68 Å². The molecule has 0 spiro atoms. The Morgan fingerprint density at radius 2 is 2.00 bits per heavy atom. The molecule has 70 valence electrons. The molecule has 0 amide bonds. The maximum Gasteiger partial charge on any atom is 0.219 e. The zero-order valence-corrected chi connectivity index (χ0v) is 7.72. The number of carbonyl (C=O) groups is 1. The maximum absolute atomic E-state index is 10.5. The Kier molecular flexibility index (Phi) is 2.24. The van der Waals surface area contributed by atoms with E-state index in [0.29, 0.717) is 17.0 Å². The van der Waals surface area contributed by atoms with Crippen LogP contribution in [-0.2, 0) is 0 Å². The van der Waals surface area contributed by atoms with Crippen molar-refractivity contribution in [2.24, 2.45) is 0 Å². The van der Waals surface area contributed by atoms with Gasteiger partial charge in [-0.3, -0.25) is 4.79 Å². The second-order valence-electron chi connectivity index (χ2n) is 2.54. The number of tetrazole rings is 1. The highest BCUT2D eigenvalue weighted by molar-refractivity contribution is 6.30. The van der Waals surface area contributed by atoms with Crippen LogP contribution in [0.1, 0.15) is 10.6 Å². The van der Waals surface area contributed by atoms with Crippen molar-refractivity contribution in [2.45, 2.75) is 0 Å². The number of aldehydes is 1. The number of carbonyl (C=O) groups excluding carboxylic acids is 1. The van der Waals surface area contributed by atoms with Crippen molar-refractivity contribution in [1.82, 2.24) is 20.2 Å². The van der Waals surface area contributed by atoms with Crippen LogP contribution in [0.4, 0.5) is 0 Å². The van der Waals surface area contributed by atoms with E-state index in [1.807, 2.05) is 0 Å². The molecule has 1 aromatic carbocycles. The van der Waals surface area contributed by atoms with Gasteiger partial charge in [0.15, 0.2) is 6.29 Å². The summed E-state index contributed by atoms with van der Waals surface area (Å²) >= 11 is 5.72. The van der Waals surface area contributed by atoms with Crippen molar-refractivity contribution in [3.63, 3.8) is 0 Å². The van der Waals surface area contributed by atoms with Crippen LogP contribution in [0.15, 0.2) is 24.3 Å². The smallest absolute Gasteiger partial charge is 0.219 e. The summed E-state index contributed by atoms with van der Waals surface area (Å²) in [6.45, 7) is 0. The van der Waals surface area contributed by atoms with Crippen LogP contribution in [0.2, 0.25) is 5.02 Å². The van der Waals surface area contributed by atoms with Crippen molar-refractivity contribution in [3.8, 4) is 5.69 Å². The number of hydrogen-bond donors (Lipinski definition) is 0. The van der Waals surface area contributed by atoms with Crippen molar-refractivity contribution >= 4 is 17.9 Å². The van der Waals surface area contributed by atoms with Gasteiger partial charge in [0, 0.05) is 5.02 Å². The quantitative estimate of drug-likeness (QED) is 0.694. The lowest BCUT2D eigenvalue weighted by Gasteiger charge is -1.99. The average Bonchev–Trinajstić information content (AvgIpc) is 2.67. The van der Waals surface area contributed by atoms with Gasteiger partial charge in [-0.1, -0.05) is 11.6 Å². The number of halogens is 1. The Morgan fingerprint density at radius 1 is 1.29 bits per heavy atom. The molecular weight excluding hydrogens is 204 g/mol. The molecule has 0 aliphatic carbocycles. The predicted molar refractivity (Wildman–Crippen MR) is 49.6 cm³/mol. The molecule has 5 nitrogen and oxygen atoms in total. The minimum atomic E-state index is 0.160. The Bertz CT molecular complexity index is 451. The van der Waals surface area contributed by atoms with Gasteiger partial charge in [0.25, 0.3) is 0 Å². The van der Waals surface area contributed by atoms with E-state index in [1.54, 1.807) is 24.3 Å². The highest BCUT2D eigenvalue weighted by atomic mass is 35.5. The van der Waals surface area contributed by atoms with Gasteiger partial charge < -0.3 is 0 Å². The lowest BCUT2D eigenvalue weighted by atomic mass is 10.3. The molecule has 1 heterocycles. The molecule has 0 saturated heterocycles. The van der Waals surface area contributed by atoms with E-state index in [0.717, 1.165) is 0 Å². The zero-order chi connectivity index (χ0) is 9.97. The normalized spacial score (nSPS) is 10.1. The number of nitrogens with zero attached hydrogens (tertiary/aromatic N) is 4. The highest BCUT2D eigenvalue weighted by Gasteiger charge is 2.05. The van der Waals surface area contributed by atoms with Gasteiger partial charge in [0.2, 0.25) is 5.82 Å². The van der Waals surface area contributed by atoms with Gasteiger partial charge in [-0.2, -0.15) is 4.68 Å².